The van der Waals surface area contributed by atoms with Crippen LogP contribution in [0.15, 0.2) is 29.3 Å². The van der Waals surface area contributed by atoms with Crippen molar-refractivity contribution in [2.24, 2.45) is 4.99 Å². The summed E-state index contributed by atoms with van der Waals surface area (Å²) in [5.74, 6) is 1.76. The highest BCUT2D eigenvalue weighted by Crippen LogP contribution is 2.11. The van der Waals surface area contributed by atoms with E-state index < -0.39 is 0 Å². The number of hydrogen-bond donors (Lipinski definition) is 2. The first-order valence-electron chi connectivity index (χ1n) is 7.98. The molecule has 0 fully saturated rings. The predicted molar refractivity (Wildman–Crippen MR) is 91.8 cm³/mol. The van der Waals surface area contributed by atoms with Crippen LogP contribution in [0.4, 0.5) is 0 Å². The Morgan fingerprint density at radius 1 is 1.05 bits per heavy atom. The van der Waals surface area contributed by atoms with Crippen LogP contribution in [-0.2, 0) is 4.74 Å². The summed E-state index contributed by atoms with van der Waals surface area (Å²) >= 11 is 0. The molecular formula is C17H29N3O2. The molecule has 0 saturated heterocycles. The van der Waals surface area contributed by atoms with Crippen LogP contribution >= 0.6 is 0 Å². The minimum Gasteiger partial charge on any atom is -0.494 e. The highest BCUT2D eigenvalue weighted by atomic mass is 16.5. The second-order valence-corrected chi connectivity index (χ2v) is 4.99. The van der Waals surface area contributed by atoms with Crippen LogP contribution in [0.3, 0.4) is 0 Å². The molecule has 22 heavy (non-hydrogen) atoms. The van der Waals surface area contributed by atoms with E-state index in [0.717, 1.165) is 50.9 Å². The molecule has 0 bridgehead atoms. The van der Waals surface area contributed by atoms with Gasteiger partial charge < -0.3 is 20.1 Å². The molecule has 0 aromatic heterocycles. The summed E-state index contributed by atoms with van der Waals surface area (Å²) in [6.07, 6.45) is 2.05. The Kier molecular flexibility index (Phi) is 9.87. The third-order valence-corrected chi connectivity index (χ3v) is 3.12. The SMILES string of the molecule is CCOCCNC(=NC)NCCCCOc1ccc(C)cc1. The summed E-state index contributed by atoms with van der Waals surface area (Å²) in [6, 6.07) is 8.15. The van der Waals surface area contributed by atoms with Gasteiger partial charge in [-0.05, 0) is 38.8 Å². The standard InChI is InChI=1S/C17H29N3O2/c1-4-21-14-12-20-17(18-3)19-11-5-6-13-22-16-9-7-15(2)8-10-16/h7-10H,4-6,11-14H2,1-3H3,(H2,18,19,20). The van der Waals surface area contributed by atoms with E-state index in [1.165, 1.54) is 5.56 Å². The van der Waals surface area contributed by atoms with Gasteiger partial charge in [-0.25, -0.2) is 0 Å². The predicted octanol–water partition coefficient (Wildman–Crippen LogP) is 2.36. The third-order valence-electron chi connectivity index (χ3n) is 3.12. The number of aliphatic imine (C=N–C) groups is 1. The molecule has 5 nitrogen and oxygen atoms in total. The van der Waals surface area contributed by atoms with E-state index in [4.69, 9.17) is 9.47 Å². The van der Waals surface area contributed by atoms with Crippen molar-refractivity contribution < 1.29 is 9.47 Å². The van der Waals surface area contributed by atoms with E-state index in [-0.39, 0.29) is 0 Å². The first-order valence-corrected chi connectivity index (χ1v) is 7.98. The minimum atomic E-state index is 0.696. The van der Waals surface area contributed by atoms with Gasteiger partial charge in [0, 0.05) is 26.7 Å². The zero-order valence-corrected chi connectivity index (χ0v) is 14.0. The van der Waals surface area contributed by atoms with Gasteiger partial charge in [-0.2, -0.15) is 0 Å². The van der Waals surface area contributed by atoms with E-state index in [2.05, 4.69) is 34.7 Å². The summed E-state index contributed by atoms with van der Waals surface area (Å²) in [5, 5.41) is 6.49. The largest absolute Gasteiger partial charge is 0.494 e. The first-order chi connectivity index (χ1) is 10.8. The van der Waals surface area contributed by atoms with Crippen LogP contribution in [0.25, 0.3) is 0 Å². The van der Waals surface area contributed by atoms with Crippen LogP contribution in [0, 0.1) is 6.92 Å². The van der Waals surface area contributed by atoms with Gasteiger partial charge in [-0.3, -0.25) is 4.99 Å². The van der Waals surface area contributed by atoms with Gasteiger partial charge in [-0.15, -0.1) is 0 Å². The Morgan fingerprint density at radius 3 is 2.45 bits per heavy atom. The maximum atomic E-state index is 5.70. The van der Waals surface area contributed by atoms with Crippen LogP contribution in [0.2, 0.25) is 0 Å². The third kappa shape index (κ3) is 8.52. The monoisotopic (exact) mass is 307 g/mol. The second kappa shape index (κ2) is 11.9. The molecule has 0 atom stereocenters. The molecule has 0 heterocycles. The minimum absolute atomic E-state index is 0.696. The Hall–Kier alpha value is -1.75. The number of nitrogens with zero attached hydrogens (tertiary/aromatic N) is 1. The molecule has 0 spiro atoms. The molecule has 1 rings (SSSR count). The molecule has 0 aliphatic heterocycles. The summed E-state index contributed by atoms with van der Waals surface area (Å²) in [5.41, 5.74) is 1.25. The van der Waals surface area contributed by atoms with Gasteiger partial charge in [0.15, 0.2) is 5.96 Å². The lowest BCUT2D eigenvalue weighted by molar-refractivity contribution is 0.152. The number of ether oxygens (including phenoxy) is 2. The number of hydrogen-bond acceptors (Lipinski definition) is 3. The van der Waals surface area contributed by atoms with Crippen LogP contribution in [0.1, 0.15) is 25.3 Å². The van der Waals surface area contributed by atoms with Crippen molar-refractivity contribution in [3.8, 4) is 5.75 Å². The average molecular weight is 307 g/mol. The number of benzene rings is 1. The maximum Gasteiger partial charge on any atom is 0.191 e. The molecule has 1 aromatic rings. The molecule has 0 radical (unpaired) electrons. The van der Waals surface area contributed by atoms with Crippen LogP contribution in [-0.4, -0.2) is 45.9 Å². The Bertz CT molecular complexity index is 418. The number of aryl methyl sites for hydroxylation is 1. The molecule has 1 aromatic carbocycles. The fourth-order valence-electron chi connectivity index (χ4n) is 1.86. The van der Waals surface area contributed by atoms with Crippen molar-refractivity contribution in [2.75, 3.05) is 40.0 Å². The van der Waals surface area contributed by atoms with Crippen molar-refractivity contribution in [3.63, 3.8) is 0 Å². The first kappa shape index (κ1) is 18.3. The van der Waals surface area contributed by atoms with E-state index in [1.807, 2.05) is 19.1 Å². The summed E-state index contributed by atoms with van der Waals surface area (Å²) in [4.78, 5) is 4.17. The highest BCUT2D eigenvalue weighted by Gasteiger charge is 1.97. The lowest BCUT2D eigenvalue weighted by Gasteiger charge is -2.12. The molecular weight excluding hydrogens is 278 g/mol. The van der Waals surface area contributed by atoms with Gasteiger partial charge in [-0.1, -0.05) is 17.7 Å². The number of rotatable bonds is 10. The van der Waals surface area contributed by atoms with Crippen molar-refractivity contribution >= 4 is 5.96 Å². The van der Waals surface area contributed by atoms with Crippen LogP contribution in [0.5, 0.6) is 5.75 Å². The van der Waals surface area contributed by atoms with Crippen molar-refractivity contribution in [1.82, 2.24) is 10.6 Å². The van der Waals surface area contributed by atoms with E-state index in [1.54, 1.807) is 7.05 Å². The summed E-state index contributed by atoms with van der Waals surface area (Å²) < 4.78 is 11.0. The fourth-order valence-corrected chi connectivity index (χ4v) is 1.86. The molecule has 2 N–H and O–H groups in total. The Labute approximate surface area is 134 Å². The van der Waals surface area contributed by atoms with Gasteiger partial charge >= 0.3 is 0 Å². The normalized spacial score (nSPS) is 11.3. The van der Waals surface area contributed by atoms with Crippen molar-refractivity contribution in [1.29, 1.82) is 0 Å². The number of guanidine groups is 1. The van der Waals surface area contributed by atoms with Gasteiger partial charge in [0.05, 0.1) is 13.2 Å². The van der Waals surface area contributed by atoms with Crippen molar-refractivity contribution in [3.05, 3.63) is 29.8 Å². The van der Waals surface area contributed by atoms with Crippen LogP contribution < -0.4 is 15.4 Å². The lowest BCUT2D eigenvalue weighted by Crippen LogP contribution is -2.39. The molecule has 124 valence electrons. The summed E-state index contributed by atoms with van der Waals surface area (Å²) in [7, 11) is 1.77. The zero-order valence-electron chi connectivity index (χ0n) is 14.0. The average Bonchev–Trinajstić information content (AvgIpc) is 2.54. The number of unbranched alkanes of at least 4 members (excludes halogenated alkanes) is 1. The number of nitrogens with one attached hydrogen (secondary N) is 2. The highest BCUT2D eigenvalue weighted by molar-refractivity contribution is 5.79. The molecule has 5 heteroatoms. The molecule has 0 saturated carbocycles. The second-order valence-electron chi connectivity index (χ2n) is 4.99. The zero-order chi connectivity index (χ0) is 16.0. The van der Waals surface area contributed by atoms with Gasteiger partial charge in [0.1, 0.15) is 5.75 Å². The molecule has 0 unspecified atom stereocenters. The lowest BCUT2D eigenvalue weighted by atomic mass is 10.2. The van der Waals surface area contributed by atoms with E-state index in [0.29, 0.717) is 6.61 Å². The molecule has 0 aliphatic rings. The van der Waals surface area contributed by atoms with E-state index >= 15 is 0 Å². The van der Waals surface area contributed by atoms with E-state index in [9.17, 15) is 0 Å². The smallest absolute Gasteiger partial charge is 0.191 e. The van der Waals surface area contributed by atoms with Crippen molar-refractivity contribution in [2.45, 2.75) is 26.7 Å². The summed E-state index contributed by atoms with van der Waals surface area (Å²) in [6.45, 7) is 7.89. The molecule has 0 aliphatic carbocycles. The molecule has 0 amide bonds. The Morgan fingerprint density at radius 2 is 1.77 bits per heavy atom. The van der Waals surface area contributed by atoms with Gasteiger partial charge in [0.2, 0.25) is 0 Å². The fraction of sp³-hybridized carbons (Fsp3) is 0.588. The Balaban J connectivity index is 2.02. The van der Waals surface area contributed by atoms with Gasteiger partial charge in [0.25, 0.3) is 0 Å². The topological polar surface area (TPSA) is 54.9 Å². The quantitative estimate of drug-likeness (QED) is 0.396. The maximum absolute atomic E-state index is 5.70.